The number of pyridine rings is 2. The molecule has 12 nitrogen and oxygen atoms in total. The molecule has 4 aliphatic heterocycles. The summed E-state index contributed by atoms with van der Waals surface area (Å²) in [5.74, 6) is 4.22. The molecule has 4 aromatic heterocycles. The summed E-state index contributed by atoms with van der Waals surface area (Å²) in [4.78, 5) is 34.6. The van der Waals surface area contributed by atoms with Gasteiger partial charge in [-0.1, -0.05) is 36.4 Å². The van der Waals surface area contributed by atoms with Crippen molar-refractivity contribution in [1.29, 1.82) is 0 Å². The van der Waals surface area contributed by atoms with E-state index in [1.165, 1.54) is 11.1 Å². The number of nitrogens with zero attached hydrogens (tertiary/aromatic N) is 2. The van der Waals surface area contributed by atoms with E-state index >= 15 is 0 Å². The van der Waals surface area contributed by atoms with Crippen molar-refractivity contribution in [3.05, 3.63) is 210 Å². The number of aryl methyl sites for hydroxylation is 6. The predicted octanol–water partition coefficient (Wildman–Crippen LogP) is 10.6. The summed E-state index contributed by atoms with van der Waals surface area (Å²) < 4.78 is 24.3. The van der Waals surface area contributed by atoms with E-state index < -0.39 is 0 Å². The topological polar surface area (TPSA) is 181 Å². The number of benzene rings is 4. The number of anilines is 2. The summed E-state index contributed by atoms with van der Waals surface area (Å²) in [5.41, 5.74) is 29.6. The van der Waals surface area contributed by atoms with E-state index in [0.717, 1.165) is 101 Å². The number of nitrogen functional groups attached to an aromatic ring is 2. The molecule has 4 atom stereocenters. The Labute approximate surface area is 393 Å². The van der Waals surface area contributed by atoms with Crippen molar-refractivity contribution in [2.45, 2.75) is 79.0 Å². The van der Waals surface area contributed by atoms with Gasteiger partial charge in [-0.25, -0.2) is 9.97 Å². The molecule has 2 amide bonds. The maximum atomic E-state index is 13.0. The quantitative estimate of drug-likeness (QED) is 0.115. The van der Waals surface area contributed by atoms with E-state index in [0.29, 0.717) is 35.9 Å². The molecule has 0 radical (unpaired) electrons. The second-order valence-corrected chi connectivity index (χ2v) is 18.2. The lowest BCUT2D eigenvalue weighted by molar-refractivity contribution is 0.0856. The number of carbonyl (C=O) groups excluding carboxylic acids is 2. The second-order valence-electron chi connectivity index (χ2n) is 18.2. The number of hydrogen-bond acceptors (Lipinski definition) is 10. The van der Waals surface area contributed by atoms with Crippen LogP contribution >= 0.6 is 0 Å². The lowest BCUT2D eigenvalue weighted by Gasteiger charge is -2.17. The summed E-state index contributed by atoms with van der Waals surface area (Å²) in [6.07, 6.45) is -0.537. The first-order valence-electron chi connectivity index (χ1n) is 22.8. The molecule has 4 unspecified atom stereocenters. The van der Waals surface area contributed by atoms with Crippen LogP contribution in [0.5, 0.6) is 0 Å². The molecule has 0 aliphatic carbocycles. The highest BCUT2D eigenvalue weighted by Gasteiger charge is 2.44. The van der Waals surface area contributed by atoms with Crippen LogP contribution in [0, 0.1) is 41.5 Å². The fourth-order valence-corrected chi connectivity index (χ4v) is 10.3. The minimum absolute atomic E-state index is 0.0920. The van der Waals surface area contributed by atoms with Crippen LogP contribution in [0.15, 0.2) is 118 Å². The summed E-state index contributed by atoms with van der Waals surface area (Å²) in [6, 6.07) is 36.0. The normalized spacial score (nSPS) is 17.5. The van der Waals surface area contributed by atoms with Gasteiger partial charge in [0.1, 0.15) is 59.1 Å². The fraction of sp³-hybridized carbons (Fsp3) is 0.214. The molecule has 12 heteroatoms. The third kappa shape index (κ3) is 7.42. The molecule has 0 saturated carbocycles. The van der Waals surface area contributed by atoms with Gasteiger partial charge in [-0.2, -0.15) is 0 Å². The Morgan fingerprint density at radius 1 is 0.471 bits per heavy atom. The SMILES string of the molecule is Cc1ccc(-c2ccc3c(c2)C2OC3c3cc(C(=O)NCc4c(C)cc(N)nc4C)ccc32)o1.Cc1ccc(-c2ccc3c(c2)C2OC3c3ccc(C(=O)NCc4c(C)cc(N)nc4C)cc32)o1. The van der Waals surface area contributed by atoms with Gasteiger partial charge < -0.3 is 40.4 Å². The second kappa shape index (κ2) is 16.5. The van der Waals surface area contributed by atoms with Crippen LogP contribution in [0.25, 0.3) is 22.6 Å². The zero-order valence-corrected chi connectivity index (χ0v) is 38.6. The third-order valence-corrected chi connectivity index (χ3v) is 13.7. The standard InChI is InChI=1S/2C28H25N3O3/c1-14-10-25(29)31-16(3)23(14)13-30-28(32)18-6-8-20-22(12-18)27-19-7-5-17(11-21(19)26(20)34-27)24-9-4-15(2)33-24;1-14-10-25(29)31-16(3)23(14)13-30-28(32)18-6-8-20-22(12-18)27-21-11-17(24-9-4-15(2)33-24)5-7-19(21)26(20)34-27/h2*4-12,26-27H,13H2,1-3H3,(H2,29,31)(H,30,32). The zero-order valence-electron chi connectivity index (χ0n) is 38.6. The zero-order chi connectivity index (χ0) is 47.1. The number of ether oxygens (including phenoxy) is 2. The van der Waals surface area contributed by atoms with Crippen molar-refractivity contribution in [3.8, 4) is 22.6 Å². The Kier molecular flexibility index (Phi) is 10.4. The number of carbonyl (C=O) groups is 2. The number of rotatable bonds is 8. The lowest BCUT2D eigenvalue weighted by atomic mass is 9.84. The first-order chi connectivity index (χ1) is 32.8. The molecule has 68 heavy (non-hydrogen) atoms. The van der Waals surface area contributed by atoms with Gasteiger partial charge in [0.05, 0.1) is 0 Å². The van der Waals surface area contributed by atoms with Crippen LogP contribution in [0.3, 0.4) is 0 Å². The van der Waals surface area contributed by atoms with E-state index in [2.05, 4.69) is 57.0 Å². The van der Waals surface area contributed by atoms with Gasteiger partial charge in [-0.3, -0.25) is 9.59 Å². The van der Waals surface area contributed by atoms with Gasteiger partial charge in [0, 0.05) is 46.7 Å². The van der Waals surface area contributed by atoms with E-state index in [1.54, 1.807) is 0 Å². The third-order valence-electron chi connectivity index (χ3n) is 13.7. The summed E-state index contributed by atoms with van der Waals surface area (Å²) in [7, 11) is 0. The monoisotopic (exact) mass is 902 g/mol. The van der Waals surface area contributed by atoms with Gasteiger partial charge in [-0.05, 0) is 181 Å². The van der Waals surface area contributed by atoms with Crippen LogP contribution in [-0.2, 0) is 22.6 Å². The number of nitrogens with one attached hydrogen (secondary N) is 2. The largest absolute Gasteiger partial charge is 0.461 e. The molecular formula is C56H50N6O6. The van der Waals surface area contributed by atoms with Crippen molar-refractivity contribution in [1.82, 2.24) is 20.6 Å². The van der Waals surface area contributed by atoms with Crippen molar-refractivity contribution in [2.24, 2.45) is 0 Å². The molecule has 4 aliphatic rings. The Balaban J connectivity index is 0.000000149. The summed E-state index contributed by atoms with van der Waals surface area (Å²) in [5, 5.41) is 6.06. The maximum Gasteiger partial charge on any atom is 0.251 e. The summed E-state index contributed by atoms with van der Waals surface area (Å²) in [6.45, 7) is 12.5. The van der Waals surface area contributed by atoms with Gasteiger partial charge >= 0.3 is 0 Å². The Morgan fingerprint density at radius 3 is 1.22 bits per heavy atom. The fourth-order valence-electron chi connectivity index (χ4n) is 10.3. The van der Waals surface area contributed by atoms with Crippen molar-refractivity contribution < 1.29 is 27.9 Å². The van der Waals surface area contributed by atoms with Gasteiger partial charge in [-0.15, -0.1) is 0 Å². The van der Waals surface area contributed by atoms with E-state index in [-0.39, 0.29) is 36.2 Å². The highest BCUT2D eigenvalue weighted by Crippen LogP contribution is 2.56. The minimum atomic E-state index is -0.176. The van der Waals surface area contributed by atoms with Crippen molar-refractivity contribution in [3.63, 3.8) is 0 Å². The molecule has 8 heterocycles. The van der Waals surface area contributed by atoms with Crippen LogP contribution < -0.4 is 22.1 Å². The van der Waals surface area contributed by atoms with Crippen LogP contribution in [0.1, 0.15) is 135 Å². The average molecular weight is 903 g/mol. The molecule has 0 saturated heterocycles. The molecule has 4 aromatic carbocycles. The molecule has 12 rings (SSSR count). The molecule has 8 aromatic rings. The molecule has 4 bridgehead atoms. The van der Waals surface area contributed by atoms with Gasteiger partial charge in [0.25, 0.3) is 11.8 Å². The van der Waals surface area contributed by atoms with E-state index in [1.807, 2.05) is 114 Å². The number of fused-ring (bicyclic) bond motifs is 16. The van der Waals surface area contributed by atoms with Crippen molar-refractivity contribution in [2.75, 3.05) is 11.5 Å². The van der Waals surface area contributed by atoms with Crippen LogP contribution in [-0.4, -0.2) is 21.8 Å². The smallest absolute Gasteiger partial charge is 0.251 e. The first kappa shape index (κ1) is 42.8. The number of furan rings is 2. The lowest BCUT2D eigenvalue weighted by Crippen LogP contribution is -2.24. The Bertz CT molecular complexity index is 3340. The van der Waals surface area contributed by atoms with Crippen LogP contribution in [0.2, 0.25) is 0 Å². The Hall–Kier alpha value is -7.80. The van der Waals surface area contributed by atoms with Crippen molar-refractivity contribution >= 4 is 23.5 Å². The van der Waals surface area contributed by atoms with Gasteiger partial charge in [0.15, 0.2) is 0 Å². The average Bonchev–Trinajstić information content (AvgIpc) is 4.19. The summed E-state index contributed by atoms with van der Waals surface area (Å²) >= 11 is 0. The molecule has 340 valence electrons. The minimum Gasteiger partial charge on any atom is -0.461 e. The van der Waals surface area contributed by atoms with Crippen LogP contribution in [0.4, 0.5) is 11.6 Å². The number of amides is 2. The molecular weight excluding hydrogens is 853 g/mol. The number of hydrogen-bond donors (Lipinski definition) is 4. The molecule has 0 spiro atoms. The number of nitrogens with two attached hydrogens (primary N) is 2. The van der Waals surface area contributed by atoms with Gasteiger partial charge in [0.2, 0.25) is 0 Å². The highest BCUT2D eigenvalue weighted by molar-refractivity contribution is 5.95. The Morgan fingerprint density at radius 2 is 0.838 bits per heavy atom. The maximum absolute atomic E-state index is 13.0. The van der Waals surface area contributed by atoms with E-state index in [4.69, 9.17) is 29.8 Å². The highest BCUT2D eigenvalue weighted by atomic mass is 16.5. The first-order valence-corrected chi connectivity index (χ1v) is 22.8. The van der Waals surface area contributed by atoms with E-state index in [9.17, 15) is 9.59 Å². The molecule has 6 N–H and O–H groups in total. The molecule has 0 fully saturated rings. The number of aromatic nitrogens is 2. The predicted molar refractivity (Wildman–Crippen MR) is 259 cm³/mol.